The summed E-state index contributed by atoms with van der Waals surface area (Å²) in [6.07, 6.45) is 0. The monoisotopic (exact) mass is 236 g/mol. The van der Waals surface area contributed by atoms with Crippen LogP contribution < -0.4 is 5.32 Å². The first-order valence-corrected chi connectivity index (χ1v) is 7.00. The number of rotatable bonds is 3. The number of benzene rings is 1. The van der Waals surface area contributed by atoms with Gasteiger partial charge in [-0.2, -0.15) is 11.8 Å². The van der Waals surface area contributed by atoms with E-state index in [4.69, 9.17) is 0 Å². The molecular weight excluding hydrogens is 216 g/mol. The van der Waals surface area contributed by atoms with E-state index in [0.717, 1.165) is 0 Å². The normalized spacial score (nSPS) is 22.0. The Labute approximate surface area is 102 Å². The van der Waals surface area contributed by atoms with Gasteiger partial charge in [0.2, 0.25) is 0 Å². The molecule has 2 nitrogen and oxygen atoms in total. The first-order chi connectivity index (χ1) is 7.83. The summed E-state index contributed by atoms with van der Waals surface area (Å²) in [6.45, 7) is 5.86. The van der Waals surface area contributed by atoms with Gasteiger partial charge in [0, 0.05) is 36.8 Å². The molecule has 0 saturated carbocycles. The summed E-state index contributed by atoms with van der Waals surface area (Å²) < 4.78 is 0. The maximum absolute atomic E-state index is 3.16. The Hall–Kier alpha value is -0.670. The second-order valence-electron chi connectivity index (χ2n) is 4.12. The summed E-state index contributed by atoms with van der Waals surface area (Å²) in [5.41, 5.74) is 2.65. The molecule has 1 saturated heterocycles. The lowest BCUT2D eigenvalue weighted by atomic mass is 10.1. The van der Waals surface area contributed by atoms with E-state index in [-0.39, 0.29) is 0 Å². The largest absolute Gasteiger partial charge is 0.388 e. The predicted octanol–water partition coefficient (Wildman–Crippen LogP) is 2.84. The maximum Gasteiger partial charge on any atom is 0.0424 e. The van der Waals surface area contributed by atoms with Gasteiger partial charge in [-0.05, 0) is 24.2 Å². The standard InChI is InChI=1S/C13H20N2S/c1-3-15-8-9-16-13(10-15)11-4-6-12(14-2)7-5-11/h4-7,13-14H,3,8-10H2,1-2H3. The van der Waals surface area contributed by atoms with Gasteiger partial charge in [0.1, 0.15) is 0 Å². The highest BCUT2D eigenvalue weighted by molar-refractivity contribution is 7.99. The summed E-state index contributed by atoms with van der Waals surface area (Å²) >= 11 is 2.09. The lowest BCUT2D eigenvalue weighted by molar-refractivity contribution is 0.299. The van der Waals surface area contributed by atoms with E-state index in [2.05, 4.69) is 53.2 Å². The number of nitrogens with one attached hydrogen (secondary N) is 1. The first kappa shape index (κ1) is 11.8. The Balaban J connectivity index is 2.05. The molecule has 0 radical (unpaired) electrons. The van der Waals surface area contributed by atoms with E-state index in [1.165, 1.54) is 36.6 Å². The molecule has 1 aliphatic rings. The van der Waals surface area contributed by atoms with Gasteiger partial charge in [-0.15, -0.1) is 0 Å². The topological polar surface area (TPSA) is 15.3 Å². The zero-order valence-corrected chi connectivity index (χ0v) is 10.9. The van der Waals surface area contributed by atoms with Crippen LogP contribution in [0.25, 0.3) is 0 Å². The van der Waals surface area contributed by atoms with Crippen molar-refractivity contribution in [2.24, 2.45) is 0 Å². The van der Waals surface area contributed by atoms with Gasteiger partial charge >= 0.3 is 0 Å². The minimum absolute atomic E-state index is 0.652. The fourth-order valence-electron chi connectivity index (χ4n) is 2.06. The highest BCUT2D eigenvalue weighted by Gasteiger charge is 2.20. The Morgan fingerprint density at radius 2 is 2.12 bits per heavy atom. The van der Waals surface area contributed by atoms with E-state index in [0.29, 0.717) is 5.25 Å². The summed E-state index contributed by atoms with van der Waals surface area (Å²) in [4.78, 5) is 2.53. The molecule has 0 aliphatic carbocycles. The van der Waals surface area contributed by atoms with Gasteiger partial charge in [0.25, 0.3) is 0 Å². The Bertz CT molecular complexity index is 323. The van der Waals surface area contributed by atoms with E-state index >= 15 is 0 Å². The van der Waals surface area contributed by atoms with Crippen molar-refractivity contribution in [3.63, 3.8) is 0 Å². The molecule has 0 aromatic heterocycles. The highest BCUT2D eigenvalue weighted by atomic mass is 32.2. The Morgan fingerprint density at radius 3 is 2.75 bits per heavy atom. The van der Waals surface area contributed by atoms with Crippen molar-refractivity contribution in [1.82, 2.24) is 4.90 Å². The van der Waals surface area contributed by atoms with E-state index < -0.39 is 0 Å². The molecule has 1 aliphatic heterocycles. The van der Waals surface area contributed by atoms with Crippen molar-refractivity contribution < 1.29 is 0 Å². The van der Waals surface area contributed by atoms with Crippen LogP contribution in [-0.4, -0.2) is 37.3 Å². The number of hydrogen-bond acceptors (Lipinski definition) is 3. The molecule has 1 heterocycles. The van der Waals surface area contributed by atoms with Crippen LogP contribution in [0.5, 0.6) is 0 Å². The van der Waals surface area contributed by atoms with Crippen molar-refractivity contribution in [2.75, 3.05) is 37.8 Å². The van der Waals surface area contributed by atoms with Crippen LogP contribution in [0, 0.1) is 0 Å². The Morgan fingerprint density at radius 1 is 1.38 bits per heavy atom. The average Bonchev–Trinajstić information content (AvgIpc) is 2.39. The molecule has 0 amide bonds. The van der Waals surface area contributed by atoms with Crippen molar-refractivity contribution >= 4 is 17.4 Å². The molecule has 0 bridgehead atoms. The molecule has 16 heavy (non-hydrogen) atoms. The predicted molar refractivity (Wildman–Crippen MR) is 73.3 cm³/mol. The fourth-order valence-corrected chi connectivity index (χ4v) is 3.37. The van der Waals surface area contributed by atoms with Gasteiger partial charge in [-0.1, -0.05) is 19.1 Å². The second kappa shape index (κ2) is 5.60. The number of thioether (sulfide) groups is 1. The number of likely N-dealkylation sites (N-methyl/N-ethyl adjacent to an activating group) is 1. The van der Waals surface area contributed by atoms with Crippen LogP contribution in [0.1, 0.15) is 17.7 Å². The first-order valence-electron chi connectivity index (χ1n) is 5.95. The fraction of sp³-hybridized carbons (Fsp3) is 0.538. The Kier molecular flexibility index (Phi) is 4.13. The molecule has 1 N–H and O–H groups in total. The smallest absolute Gasteiger partial charge is 0.0424 e. The van der Waals surface area contributed by atoms with Crippen LogP contribution in [0.15, 0.2) is 24.3 Å². The molecule has 1 unspecified atom stereocenters. The van der Waals surface area contributed by atoms with E-state index in [1.807, 2.05) is 7.05 Å². The van der Waals surface area contributed by atoms with Crippen molar-refractivity contribution in [3.05, 3.63) is 29.8 Å². The molecule has 1 atom stereocenters. The lowest BCUT2D eigenvalue weighted by Gasteiger charge is -2.31. The van der Waals surface area contributed by atoms with Crippen molar-refractivity contribution in [2.45, 2.75) is 12.2 Å². The second-order valence-corrected chi connectivity index (χ2v) is 5.44. The van der Waals surface area contributed by atoms with Crippen LogP contribution in [0.3, 0.4) is 0 Å². The third kappa shape index (κ3) is 2.71. The third-order valence-electron chi connectivity index (χ3n) is 3.17. The third-order valence-corrected chi connectivity index (χ3v) is 4.41. The van der Waals surface area contributed by atoms with Gasteiger partial charge in [0.15, 0.2) is 0 Å². The molecule has 2 rings (SSSR count). The number of anilines is 1. The SMILES string of the molecule is CCN1CCSC(c2ccc(NC)cc2)C1. The van der Waals surface area contributed by atoms with Crippen LogP contribution in [0.2, 0.25) is 0 Å². The average molecular weight is 236 g/mol. The van der Waals surface area contributed by atoms with E-state index in [1.54, 1.807) is 0 Å². The zero-order chi connectivity index (χ0) is 11.4. The summed E-state index contributed by atoms with van der Waals surface area (Å²) in [5.74, 6) is 1.26. The molecule has 1 aromatic carbocycles. The molecule has 1 aromatic rings. The van der Waals surface area contributed by atoms with Crippen molar-refractivity contribution in [1.29, 1.82) is 0 Å². The van der Waals surface area contributed by atoms with Gasteiger partial charge in [0.05, 0.1) is 0 Å². The van der Waals surface area contributed by atoms with Crippen LogP contribution in [0.4, 0.5) is 5.69 Å². The summed E-state index contributed by atoms with van der Waals surface area (Å²) in [6, 6.07) is 8.84. The highest BCUT2D eigenvalue weighted by Crippen LogP contribution is 2.33. The molecule has 88 valence electrons. The number of hydrogen-bond donors (Lipinski definition) is 1. The van der Waals surface area contributed by atoms with Gasteiger partial charge < -0.3 is 10.2 Å². The zero-order valence-electron chi connectivity index (χ0n) is 10.1. The molecule has 0 spiro atoms. The quantitative estimate of drug-likeness (QED) is 0.869. The minimum Gasteiger partial charge on any atom is -0.388 e. The van der Waals surface area contributed by atoms with Crippen LogP contribution in [-0.2, 0) is 0 Å². The minimum atomic E-state index is 0.652. The summed E-state index contributed by atoms with van der Waals surface area (Å²) in [5, 5.41) is 3.81. The van der Waals surface area contributed by atoms with Crippen LogP contribution >= 0.6 is 11.8 Å². The maximum atomic E-state index is 3.16. The molecule has 3 heteroatoms. The summed E-state index contributed by atoms with van der Waals surface area (Å²) in [7, 11) is 1.96. The van der Waals surface area contributed by atoms with Crippen molar-refractivity contribution in [3.8, 4) is 0 Å². The molecular formula is C13H20N2S. The molecule has 1 fully saturated rings. The van der Waals surface area contributed by atoms with Gasteiger partial charge in [-0.3, -0.25) is 0 Å². The van der Waals surface area contributed by atoms with Gasteiger partial charge in [-0.25, -0.2) is 0 Å². The number of nitrogens with zero attached hydrogens (tertiary/aromatic N) is 1. The van der Waals surface area contributed by atoms with E-state index in [9.17, 15) is 0 Å². The lowest BCUT2D eigenvalue weighted by Crippen LogP contribution is -2.34.